The number of thiophene rings is 1. The first-order valence-electron chi connectivity index (χ1n) is 7.93. The lowest BCUT2D eigenvalue weighted by molar-refractivity contribution is 0.0374. The van der Waals surface area contributed by atoms with Gasteiger partial charge < -0.3 is 10.1 Å². The van der Waals surface area contributed by atoms with E-state index in [0.29, 0.717) is 12.2 Å². The largest absolute Gasteiger partial charge is 0.379 e. The van der Waals surface area contributed by atoms with Crippen molar-refractivity contribution in [3.8, 4) is 10.6 Å². The second-order valence-corrected chi connectivity index (χ2v) is 6.93. The average molecular weight is 334 g/mol. The predicted octanol–water partition coefficient (Wildman–Crippen LogP) is 1.90. The maximum Gasteiger partial charge on any atom is 0.271 e. The summed E-state index contributed by atoms with van der Waals surface area (Å²) in [5.74, 6) is -0.122. The van der Waals surface area contributed by atoms with E-state index < -0.39 is 0 Å². The van der Waals surface area contributed by atoms with Crippen LogP contribution < -0.4 is 5.32 Å². The van der Waals surface area contributed by atoms with Crippen LogP contribution in [0.3, 0.4) is 0 Å². The molecule has 124 valence electrons. The number of rotatable bonds is 6. The van der Waals surface area contributed by atoms with Crippen molar-refractivity contribution in [2.45, 2.75) is 13.3 Å². The number of aryl methyl sites for hydroxylation is 1. The maximum atomic E-state index is 12.1. The summed E-state index contributed by atoms with van der Waals surface area (Å²) in [6.45, 7) is 7.30. The molecule has 1 aliphatic rings. The van der Waals surface area contributed by atoms with Gasteiger partial charge in [-0.05, 0) is 38.1 Å². The van der Waals surface area contributed by atoms with E-state index in [-0.39, 0.29) is 5.91 Å². The lowest BCUT2D eigenvalue weighted by atomic mass is 10.3. The highest BCUT2D eigenvalue weighted by Crippen LogP contribution is 2.26. The lowest BCUT2D eigenvalue weighted by Crippen LogP contribution is -2.38. The molecule has 1 aliphatic heterocycles. The first-order valence-corrected chi connectivity index (χ1v) is 8.74. The smallest absolute Gasteiger partial charge is 0.271 e. The van der Waals surface area contributed by atoms with Gasteiger partial charge in [0.25, 0.3) is 5.91 Å². The summed E-state index contributed by atoms with van der Waals surface area (Å²) >= 11 is 1.68. The van der Waals surface area contributed by atoms with E-state index in [2.05, 4.69) is 33.4 Å². The number of ether oxygens (including phenoxy) is 1. The van der Waals surface area contributed by atoms with Gasteiger partial charge in [-0.25, -0.2) is 0 Å². The Morgan fingerprint density at radius 2 is 2.26 bits per heavy atom. The second kappa shape index (κ2) is 7.72. The van der Waals surface area contributed by atoms with Gasteiger partial charge in [0.05, 0.1) is 23.8 Å². The number of nitrogens with one attached hydrogen (secondary N) is 2. The highest BCUT2D eigenvalue weighted by atomic mass is 32.1. The molecule has 1 amide bonds. The van der Waals surface area contributed by atoms with Crippen LogP contribution in [-0.4, -0.2) is 60.4 Å². The average Bonchev–Trinajstić information content (AvgIpc) is 3.21. The van der Waals surface area contributed by atoms with Gasteiger partial charge in [0.15, 0.2) is 5.69 Å². The minimum absolute atomic E-state index is 0.122. The zero-order valence-corrected chi connectivity index (χ0v) is 14.1. The zero-order chi connectivity index (χ0) is 16.1. The molecule has 6 nitrogen and oxygen atoms in total. The van der Waals surface area contributed by atoms with Gasteiger partial charge in [0, 0.05) is 24.5 Å². The molecule has 0 aromatic carbocycles. The molecule has 0 unspecified atom stereocenters. The number of amides is 1. The molecule has 7 heteroatoms. The Hall–Kier alpha value is -1.70. The van der Waals surface area contributed by atoms with E-state index in [9.17, 15) is 4.79 Å². The Morgan fingerprint density at radius 3 is 3.00 bits per heavy atom. The third-order valence-electron chi connectivity index (χ3n) is 3.86. The van der Waals surface area contributed by atoms with Crippen molar-refractivity contribution in [1.29, 1.82) is 0 Å². The molecule has 0 spiro atoms. The zero-order valence-electron chi connectivity index (χ0n) is 13.3. The van der Waals surface area contributed by atoms with Crippen molar-refractivity contribution in [2.24, 2.45) is 0 Å². The van der Waals surface area contributed by atoms with E-state index in [1.807, 2.05) is 12.1 Å². The van der Waals surface area contributed by atoms with Gasteiger partial charge >= 0.3 is 0 Å². The normalized spacial score (nSPS) is 15.7. The Kier molecular flexibility index (Phi) is 5.43. The van der Waals surface area contributed by atoms with Gasteiger partial charge in [-0.1, -0.05) is 0 Å². The van der Waals surface area contributed by atoms with Crippen molar-refractivity contribution in [1.82, 2.24) is 20.4 Å². The number of nitrogens with zero attached hydrogens (tertiary/aromatic N) is 2. The quantitative estimate of drug-likeness (QED) is 0.792. The van der Waals surface area contributed by atoms with E-state index >= 15 is 0 Å². The second-order valence-electron chi connectivity index (χ2n) is 5.64. The Balaban J connectivity index is 1.44. The minimum Gasteiger partial charge on any atom is -0.379 e. The molecular weight excluding hydrogens is 312 g/mol. The number of hydrogen-bond donors (Lipinski definition) is 2. The van der Waals surface area contributed by atoms with Crippen LogP contribution in [0.4, 0.5) is 0 Å². The molecule has 0 bridgehead atoms. The van der Waals surface area contributed by atoms with Crippen molar-refractivity contribution in [3.05, 3.63) is 28.8 Å². The number of aromatic amines is 1. The summed E-state index contributed by atoms with van der Waals surface area (Å²) < 4.78 is 5.32. The number of carbonyl (C=O) groups is 1. The molecule has 0 saturated carbocycles. The van der Waals surface area contributed by atoms with Crippen LogP contribution in [0.1, 0.15) is 21.8 Å². The van der Waals surface area contributed by atoms with Crippen LogP contribution in [0.5, 0.6) is 0 Å². The fourth-order valence-corrected chi connectivity index (χ4v) is 3.40. The third kappa shape index (κ3) is 4.40. The van der Waals surface area contributed by atoms with Gasteiger partial charge in [0.2, 0.25) is 0 Å². The summed E-state index contributed by atoms with van der Waals surface area (Å²) in [5, 5.41) is 9.98. The number of carbonyl (C=O) groups excluding carboxylic acids is 1. The fraction of sp³-hybridized carbons (Fsp3) is 0.500. The van der Waals surface area contributed by atoms with Crippen LogP contribution in [0, 0.1) is 6.92 Å². The monoisotopic (exact) mass is 334 g/mol. The Labute approximate surface area is 139 Å². The van der Waals surface area contributed by atoms with E-state index in [1.165, 1.54) is 4.88 Å². The third-order valence-corrected chi connectivity index (χ3v) is 4.89. The first-order chi connectivity index (χ1) is 11.2. The predicted molar refractivity (Wildman–Crippen MR) is 90.8 cm³/mol. The Morgan fingerprint density at radius 1 is 1.43 bits per heavy atom. The summed E-state index contributed by atoms with van der Waals surface area (Å²) in [4.78, 5) is 16.8. The summed E-state index contributed by atoms with van der Waals surface area (Å²) in [6, 6.07) is 5.91. The first kappa shape index (κ1) is 16.2. The molecule has 1 saturated heterocycles. The summed E-state index contributed by atoms with van der Waals surface area (Å²) in [6.07, 6.45) is 0.938. The van der Waals surface area contributed by atoms with Gasteiger partial charge in [-0.15, -0.1) is 11.3 Å². The molecule has 3 rings (SSSR count). The molecule has 2 aromatic heterocycles. The van der Waals surface area contributed by atoms with E-state index in [0.717, 1.165) is 49.8 Å². The van der Waals surface area contributed by atoms with Crippen LogP contribution in [0.15, 0.2) is 18.2 Å². The number of hydrogen-bond acceptors (Lipinski definition) is 5. The van der Waals surface area contributed by atoms with Crippen LogP contribution in [-0.2, 0) is 4.74 Å². The van der Waals surface area contributed by atoms with Crippen molar-refractivity contribution >= 4 is 17.2 Å². The number of morpholine rings is 1. The SMILES string of the molecule is Cc1ccc(-c2cc(C(=O)NCCCN3CCOCC3)n[nH]2)s1. The van der Waals surface area contributed by atoms with Gasteiger partial charge in [-0.2, -0.15) is 5.10 Å². The molecule has 23 heavy (non-hydrogen) atoms. The van der Waals surface area contributed by atoms with Gasteiger partial charge in [0.1, 0.15) is 0 Å². The van der Waals surface area contributed by atoms with Crippen molar-refractivity contribution in [2.75, 3.05) is 39.4 Å². The van der Waals surface area contributed by atoms with Gasteiger partial charge in [-0.3, -0.25) is 14.8 Å². The molecule has 0 radical (unpaired) electrons. The molecule has 0 aliphatic carbocycles. The van der Waals surface area contributed by atoms with Crippen LogP contribution >= 0.6 is 11.3 Å². The Bertz CT molecular complexity index is 646. The molecule has 3 heterocycles. The highest BCUT2D eigenvalue weighted by Gasteiger charge is 2.13. The molecule has 0 atom stereocenters. The van der Waals surface area contributed by atoms with Crippen LogP contribution in [0.2, 0.25) is 0 Å². The number of aromatic nitrogens is 2. The standard InChI is InChI=1S/C16H22N4O2S/c1-12-3-4-15(23-12)13-11-14(19-18-13)16(21)17-5-2-6-20-7-9-22-10-8-20/h3-4,11H,2,5-10H2,1H3,(H,17,21)(H,18,19). The number of H-pyrrole nitrogens is 1. The fourth-order valence-electron chi connectivity index (χ4n) is 2.56. The molecular formula is C16H22N4O2S. The maximum absolute atomic E-state index is 12.1. The minimum atomic E-state index is -0.122. The van der Waals surface area contributed by atoms with E-state index in [4.69, 9.17) is 4.74 Å². The lowest BCUT2D eigenvalue weighted by Gasteiger charge is -2.26. The van der Waals surface area contributed by atoms with Crippen molar-refractivity contribution in [3.63, 3.8) is 0 Å². The van der Waals surface area contributed by atoms with Crippen LogP contribution in [0.25, 0.3) is 10.6 Å². The molecule has 1 fully saturated rings. The molecule has 2 aromatic rings. The van der Waals surface area contributed by atoms with E-state index in [1.54, 1.807) is 11.3 Å². The van der Waals surface area contributed by atoms with Crippen molar-refractivity contribution < 1.29 is 9.53 Å². The topological polar surface area (TPSA) is 70.2 Å². The molecule has 2 N–H and O–H groups in total. The summed E-state index contributed by atoms with van der Waals surface area (Å²) in [7, 11) is 0. The highest BCUT2D eigenvalue weighted by molar-refractivity contribution is 7.15. The summed E-state index contributed by atoms with van der Waals surface area (Å²) in [5.41, 5.74) is 1.33.